The van der Waals surface area contributed by atoms with E-state index in [2.05, 4.69) is 10.3 Å². The molecule has 3 rings (SSSR count). The second-order valence-electron chi connectivity index (χ2n) is 5.18. The number of hydrogen-bond donors (Lipinski definition) is 2. The highest BCUT2D eigenvalue weighted by atomic mass is 32.2. The van der Waals surface area contributed by atoms with Crippen LogP contribution in [0.4, 0.5) is 10.8 Å². The molecule has 0 aliphatic carbocycles. The summed E-state index contributed by atoms with van der Waals surface area (Å²) in [7, 11) is 0. The Morgan fingerprint density at radius 2 is 2.20 bits per heavy atom. The van der Waals surface area contributed by atoms with Gasteiger partial charge in [0.2, 0.25) is 0 Å². The average Bonchev–Trinajstić information content (AvgIpc) is 3.09. The zero-order valence-electron chi connectivity index (χ0n) is 13.1. The van der Waals surface area contributed by atoms with E-state index in [1.807, 2.05) is 36.6 Å². The lowest BCUT2D eigenvalue weighted by molar-refractivity contribution is -0.140. The van der Waals surface area contributed by atoms with Gasteiger partial charge >= 0.3 is 5.97 Å². The molecule has 0 radical (unpaired) electrons. The summed E-state index contributed by atoms with van der Waals surface area (Å²) >= 11 is 7.58. The Balaban J connectivity index is 1.76. The van der Waals surface area contributed by atoms with Crippen molar-refractivity contribution >= 4 is 68.4 Å². The van der Waals surface area contributed by atoms with Gasteiger partial charge in [-0.2, -0.15) is 0 Å². The smallest absolute Gasteiger partial charge is 0.323 e. The van der Waals surface area contributed by atoms with Crippen LogP contribution in [-0.4, -0.2) is 37.7 Å². The van der Waals surface area contributed by atoms with E-state index < -0.39 is 18.4 Å². The van der Waals surface area contributed by atoms with Crippen LogP contribution in [0.1, 0.15) is 11.3 Å². The van der Waals surface area contributed by atoms with Crippen LogP contribution >= 0.6 is 35.3 Å². The molecule has 0 unspecified atom stereocenters. The largest absolute Gasteiger partial charge is 0.480 e. The van der Waals surface area contributed by atoms with Crippen LogP contribution in [0.5, 0.6) is 0 Å². The number of carboxylic acids is 1. The number of thioether (sulfide) groups is 1. The van der Waals surface area contributed by atoms with Gasteiger partial charge in [0.25, 0.3) is 5.91 Å². The molecule has 1 aliphatic rings. The van der Waals surface area contributed by atoms with E-state index >= 15 is 0 Å². The van der Waals surface area contributed by atoms with Crippen molar-refractivity contribution in [3.8, 4) is 0 Å². The third-order valence-electron chi connectivity index (χ3n) is 3.35. The fourth-order valence-corrected chi connectivity index (χ4v) is 4.06. The fourth-order valence-electron chi connectivity index (χ4n) is 2.14. The summed E-state index contributed by atoms with van der Waals surface area (Å²) in [5, 5.41) is 14.6. The van der Waals surface area contributed by atoms with Gasteiger partial charge in [-0.05, 0) is 24.6 Å². The maximum Gasteiger partial charge on any atom is 0.323 e. The molecular weight excluding hydrogens is 378 g/mol. The van der Waals surface area contributed by atoms with Crippen LogP contribution in [0, 0.1) is 6.92 Å². The molecule has 1 fully saturated rings. The van der Waals surface area contributed by atoms with Crippen molar-refractivity contribution in [1.82, 2.24) is 9.88 Å². The Hall–Kier alpha value is -2.23. The maximum atomic E-state index is 12.2. The van der Waals surface area contributed by atoms with Crippen LogP contribution in [0.3, 0.4) is 0 Å². The lowest BCUT2D eigenvalue weighted by Gasteiger charge is -2.09. The number of aryl methyl sites for hydroxylation is 1. The number of amides is 1. The van der Waals surface area contributed by atoms with E-state index in [0.717, 1.165) is 27.9 Å². The lowest BCUT2D eigenvalue weighted by Crippen LogP contribution is -2.33. The third kappa shape index (κ3) is 4.06. The monoisotopic (exact) mass is 391 g/mol. The van der Waals surface area contributed by atoms with Crippen LogP contribution < -0.4 is 5.32 Å². The molecule has 2 N–H and O–H groups in total. The summed E-state index contributed by atoms with van der Waals surface area (Å²) in [4.78, 5) is 29.0. The van der Waals surface area contributed by atoms with Gasteiger partial charge in [0.05, 0.1) is 10.6 Å². The number of rotatable bonds is 5. The van der Waals surface area contributed by atoms with Gasteiger partial charge in [-0.15, -0.1) is 11.3 Å². The highest BCUT2D eigenvalue weighted by Gasteiger charge is 2.33. The summed E-state index contributed by atoms with van der Waals surface area (Å²) in [6.45, 7) is 1.57. The number of nitrogens with one attached hydrogen (secondary N) is 1. The van der Waals surface area contributed by atoms with Crippen molar-refractivity contribution in [1.29, 1.82) is 0 Å². The average molecular weight is 391 g/mol. The van der Waals surface area contributed by atoms with Gasteiger partial charge in [0, 0.05) is 11.1 Å². The molecule has 6 nitrogen and oxygen atoms in total. The van der Waals surface area contributed by atoms with E-state index in [4.69, 9.17) is 17.3 Å². The normalized spacial score (nSPS) is 15.9. The van der Waals surface area contributed by atoms with Crippen molar-refractivity contribution in [2.75, 3.05) is 11.9 Å². The summed E-state index contributed by atoms with van der Waals surface area (Å²) < 4.78 is 0.243. The van der Waals surface area contributed by atoms with Crippen molar-refractivity contribution in [3.63, 3.8) is 0 Å². The molecule has 1 aromatic carbocycles. The van der Waals surface area contributed by atoms with E-state index in [1.54, 1.807) is 6.08 Å². The molecule has 0 saturated carbocycles. The van der Waals surface area contributed by atoms with Crippen LogP contribution in [0.25, 0.3) is 6.08 Å². The first-order valence-corrected chi connectivity index (χ1v) is 9.30. The molecule has 25 heavy (non-hydrogen) atoms. The van der Waals surface area contributed by atoms with Gasteiger partial charge in [-0.3, -0.25) is 14.5 Å². The Morgan fingerprint density at radius 3 is 2.92 bits per heavy atom. The first kappa shape index (κ1) is 17.6. The van der Waals surface area contributed by atoms with Gasteiger partial charge < -0.3 is 10.4 Å². The fraction of sp³-hybridized carbons (Fsp3) is 0.125. The molecule has 2 heterocycles. The number of hydrogen-bond acceptors (Lipinski definition) is 7. The van der Waals surface area contributed by atoms with E-state index in [1.165, 1.54) is 11.3 Å². The van der Waals surface area contributed by atoms with Gasteiger partial charge in [-0.25, -0.2) is 4.98 Å². The Bertz CT molecular complexity index is 892. The zero-order chi connectivity index (χ0) is 18.0. The number of thiazole rings is 1. The molecule has 1 aromatic heterocycles. The second kappa shape index (κ2) is 7.34. The zero-order valence-corrected chi connectivity index (χ0v) is 15.5. The quantitative estimate of drug-likeness (QED) is 0.596. The number of carbonyl (C=O) groups is 2. The SMILES string of the molecule is Cc1ccccc1Nc1nc(C=C2SC(=S)N(CC(=O)O)C2=O)cs1. The van der Waals surface area contributed by atoms with Gasteiger partial charge in [-0.1, -0.05) is 42.2 Å². The minimum absolute atomic E-state index is 0.243. The number of para-hydroxylation sites is 1. The Labute approximate surface area is 157 Å². The molecule has 128 valence electrons. The van der Waals surface area contributed by atoms with Crippen molar-refractivity contribution in [2.24, 2.45) is 0 Å². The van der Waals surface area contributed by atoms with Crippen LogP contribution in [-0.2, 0) is 9.59 Å². The van der Waals surface area contributed by atoms with Crippen LogP contribution in [0.15, 0.2) is 34.6 Å². The Morgan fingerprint density at radius 1 is 1.44 bits per heavy atom. The number of carboxylic acid groups (broad SMARTS) is 1. The maximum absolute atomic E-state index is 12.2. The number of aliphatic carboxylic acids is 1. The topological polar surface area (TPSA) is 82.5 Å². The molecule has 0 bridgehead atoms. The minimum Gasteiger partial charge on any atom is -0.480 e. The predicted octanol–water partition coefficient (Wildman–Crippen LogP) is 3.48. The van der Waals surface area contributed by atoms with E-state index in [0.29, 0.717) is 15.7 Å². The molecule has 1 aliphatic heterocycles. The first-order chi connectivity index (χ1) is 11.9. The van der Waals surface area contributed by atoms with E-state index in [9.17, 15) is 9.59 Å². The number of aromatic nitrogens is 1. The molecular formula is C16H13N3O3S3. The predicted molar refractivity (Wildman–Crippen MR) is 104 cm³/mol. The standard InChI is InChI=1S/C16H13N3O3S3/c1-9-4-2-3-5-11(9)18-15-17-10(8-24-15)6-12-14(22)19(7-13(20)21)16(23)25-12/h2-6,8H,7H2,1H3,(H,17,18)(H,20,21). The number of anilines is 2. The van der Waals surface area contributed by atoms with Crippen LogP contribution in [0.2, 0.25) is 0 Å². The molecule has 9 heteroatoms. The highest BCUT2D eigenvalue weighted by molar-refractivity contribution is 8.26. The lowest BCUT2D eigenvalue weighted by atomic mass is 10.2. The first-order valence-electron chi connectivity index (χ1n) is 7.19. The molecule has 1 saturated heterocycles. The molecule has 2 aromatic rings. The summed E-state index contributed by atoms with van der Waals surface area (Å²) in [5.41, 5.74) is 2.70. The number of nitrogens with zero attached hydrogens (tertiary/aromatic N) is 2. The number of carbonyl (C=O) groups excluding carboxylic acids is 1. The molecule has 0 atom stereocenters. The number of benzene rings is 1. The van der Waals surface area contributed by atoms with Crippen molar-refractivity contribution in [3.05, 3.63) is 45.8 Å². The number of thiocarbonyl (C=S) groups is 1. The van der Waals surface area contributed by atoms with Crippen molar-refractivity contribution < 1.29 is 14.7 Å². The minimum atomic E-state index is -1.10. The third-order valence-corrected chi connectivity index (χ3v) is 5.51. The van der Waals surface area contributed by atoms with Gasteiger partial charge in [0.15, 0.2) is 5.13 Å². The van der Waals surface area contributed by atoms with Gasteiger partial charge in [0.1, 0.15) is 10.9 Å². The summed E-state index contributed by atoms with van der Waals surface area (Å²) in [6.07, 6.45) is 1.63. The molecule has 0 spiro atoms. The highest BCUT2D eigenvalue weighted by Crippen LogP contribution is 2.33. The molecule has 1 amide bonds. The second-order valence-corrected chi connectivity index (χ2v) is 7.71. The Kier molecular flexibility index (Phi) is 5.16. The summed E-state index contributed by atoms with van der Waals surface area (Å²) in [6, 6.07) is 7.88. The van der Waals surface area contributed by atoms with Crippen molar-refractivity contribution in [2.45, 2.75) is 6.92 Å². The summed E-state index contributed by atoms with van der Waals surface area (Å²) in [5.74, 6) is -1.50. The van der Waals surface area contributed by atoms with E-state index in [-0.39, 0.29) is 4.32 Å².